The molecule has 2 rings (SSSR count). The standard InChI is InChI=1S/C18H17Cl2N3O3/c1-2-10-26-13-8-6-12(7-9-13)11-21-23-18(25)17(24)22-15-5-3-4-14(19)16(15)20/h3-9,11H,2,10H2,1H3,(H,22,24)(H,23,25)/b21-11-. The molecule has 0 aliphatic rings. The Hall–Kier alpha value is -2.57. The van der Waals surface area contributed by atoms with E-state index in [1.807, 2.05) is 6.92 Å². The fourth-order valence-electron chi connectivity index (χ4n) is 1.87. The molecular weight excluding hydrogens is 377 g/mol. The molecule has 2 aromatic carbocycles. The minimum Gasteiger partial charge on any atom is -0.494 e. The van der Waals surface area contributed by atoms with Gasteiger partial charge in [0.05, 0.1) is 28.6 Å². The molecule has 6 nitrogen and oxygen atoms in total. The summed E-state index contributed by atoms with van der Waals surface area (Å²) in [6, 6.07) is 11.9. The number of nitrogens with zero attached hydrogens (tertiary/aromatic N) is 1. The largest absolute Gasteiger partial charge is 0.494 e. The van der Waals surface area contributed by atoms with Gasteiger partial charge in [0.25, 0.3) is 0 Å². The van der Waals surface area contributed by atoms with Crippen LogP contribution in [0, 0.1) is 0 Å². The van der Waals surface area contributed by atoms with Crippen molar-refractivity contribution in [3.05, 3.63) is 58.1 Å². The van der Waals surface area contributed by atoms with Crippen molar-refractivity contribution < 1.29 is 14.3 Å². The number of rotatable bonds is 6. The summed E-state index contributed by atoms with van der Waals surface area (Å²) in [6.07, 6.45) is 2.35. The van der Waals surface area contributed by atoms with Crippen LogP contribution in [0.15, 0.2) is 47.6 Å². The molecule has 2 amide bonds. The minimum absolute atomic E-state index is 0.157. The second-order valence-corrected chi connectivity index (χ2v) is 5.96. The lowest BCUT2D eigenvalue weighted by Gasteiger charge is -2.07. The Bertz CT molecular complexity index is 808. The van der Waals surface area contributed by atoms with Crippen LogP contribution in [0.25, 0.3) is 0 Å². The van der Waals surface area contributed by atoms with E-state index in [4.69, 9.17) is 27.9 Å². The van der Waals surface area contributed by atoms with Gasteiger partial charge in [0.15, 0.2) is 0 Å². The highest BCUT2D eigenvalue weighted by Crippen LogP contribution is 2.29. The summed E-state index contributed by atoms with van der Waals surface area (Å²) in [7, 11) is 0. The molecule has 0 aromatic heterocycles. The van der Waals surface area contributed by atoms with Gasteiger partial charge in [-0.3, -0.25) is 9.59 Å². The third kappa shape index (κ3) is 5.75. The second kappa shape index (κ2) is 9.79. The topological polar surface area (TPSA) is 79.8 Å². The molecular formula is C18H17Cl2N3O3. The number of ether oxygens (including phenoxy) is 1. The van der Waals surface area contributed by atoms with Gasteiger partial charge in [-0.2, -0.15) is 5.10 Å². The summed E-state index contributed by atoms with van der Waals surface area (Å²) in [4.78, 5) is 23.6. The Kier molecular flexibility index (Phi) is 7.44. The first-order valence-electron chi connectivity index (χ1n) is 7.82. The third-order valence-electron chi connectivity index (χ3n) is 3.14. The van der Waals surface area contributed by atoms with Crippen molar-refractivity contribution in [3.8, 4) is 5.75 Å². The Labute approximate surface area is 161 Å². The average molecular weight is 394 g/mol. The lowest BCUT2D eigenvalue weighted by Crippen LogP contribution is -2.32. The molecule has 0 radical (unpaired) electrons. The number of anilines is 1. The van der Waals surface area contributed by atoms with Crippen molar-refractivity contribution >= 4 is 46.9 Å². The number of hydrogen-bond donors (Lipinski definition) is 2. The molecule has 8 heteroatoms. The third-order valence-corrected chi connectivity index (χ3v) is 3.96. The Morgan fingerprint density at radius 2 is 1.85 bits per heavy atom. The summed E-state index contributed by atoms with van der Waals surface area (Å²) in [5.74, 6) is -1.08. The molecule has 2 N–H and O–H groups in total. The van der Waals surface area contributed by atoms with Crippen LogP contribution in [0.2, 0.25) is 10.0 Å². The fourth-order valence-corrected chi connectivity index (χ4v) is 2.21. The highest BCUT2D eigenvalue weighted by molar-refractivity contribution is 6.45. The van der Waals surface area contributed by atoms with Crippen molar-refractivity contribution in [2.45, 2.75) is 13.3 Å². The van der Waals surface area contributed by atoms with Crippen LogP contribution < -0.4 is 15.5 Å². The quantitative estimate of drug-likeness (QED) is 0.444. The molecule has 0 saturated carbocycles. The molecule has 26 heavy (non-hydrogen) atoms. The monoisotopic (exact) mass is 393 g/mol. The van der Waals surface area contributed by atoms with E-state index in [1.54, 1.807) is 36.4 Å². The zero-order valence-electron chi connectivity index (χ0n) is 14.0. The van der Waals surface area contributed by atoms with E-state index in [-0.39, 0.29) is 15.7 Å². The van der Waals surface area contributed by atoms with Crippen molar-refractivity contribution in [2.75, 3.05) is 11.9 Å². The summed E-state index contributed by atoms with van der Waals surface area (Å²) in [6.45, 7) is 2.68. The van der Waals surface area contributed by atoms with Gasteiger partial charge in [0.1, 0.15) is 5.75 Å². The van der Waals surface area contributed by atoms with Crippen molar-refractivity contribution in [2.24, 2.45) is 5.10 Å². The van der Waals surface area contributed by atoms with Crippen LogP contribution in [-0.4, -0.2) is 24.6 Å². The van der Waals surface area contributed by atoms with Crippen LogP contribution in [0.3, 0.4) is 0 Å². The van der Waals surface area contributed by atoms with Crippen LogP contribution in [0.5, 0.6) is 5.75 Å². The number of nitrogens with one attached hydrogen (secondary N) is 2. The van der Waals surface area contributed by atoms with Gasteiger partial charge >= 0.3 is 11.8 Å². The van der Waals surface area contributed by atoms with Gasteiger partial charge < -0.3 is 10.1 Å². The number of benzene rings is 2. The summed E-state index contributed by atoms with van der Waals surface area (Å²) >= 11 is 11.8. The van der Waals surface area contributed by atoms with E-state index in [0.717, 1.165) is 17.7 Å². The molecule has 0 unspecified atom stereocenters. The molecule has 0 aliphatic carbocycles. The molecule has 0 fully saturated rings. The Morgan fingerprint density at radius 1 is 1.12 bits per heavy atom. The lowest BCUT2D eigenvalue weighted by atomic mass is 10.2. The number of hydrogen-bond acceptors (Lipinski definition) is 4. The highest BCUT2D eigenvalue weighted by atomic mass is 35.5. The lowest BCUT2D eigenvalue weighted by molar-refractivity contribution is -0.136. The number of halogens is 2. The zero-order valence-corrected chi connectivity index (χ0v) is 15.5. The molecule has 0 atom stereocenters. The van der Waals surface area contributed by atoms with E-state index < -0.39 is 11.8 Å². The number of hydrazone groups is 1. The fraction of sp³-hybridized carbons (Fsp3) is 0.167. The van der Waals surface area contributed by atoms with Gasteiger partial charge in [-0.1, -0.05) is 36.2 Å². The predicted molar refractivity (Wildman–Crippen MR) is 103 cm³/mol. The van der Waals surface area contributed by atoms with Crippen molar-refractivity contribution in [3.63, 3.8) is 0 Å². The smallest absolute Gasteiger partial charge is 0.329 e. The average Bonchev–Trinajstić information content (AvgIpc) is 2.64. The van der Waals surface area contributed by atoms with E-state index >= 15 is 0 Å². The summed E-state index contributed by atoms with van der Waals surface area (Å²) in [5, 5.41) is 6.55. The molecule has 136 valence electrons. The Balaban J connectivity index is 1.88. The minimum atomic E-state index is -0.930. The summed E-state index contributed by atoms with van der Waals surface area (Å²) < 4.78 is 5.47. The first-order chi connectivity index (χ1) is 12.5. The van der Waals surface area contributed by atoms with E-state index in [0.29, 0.717) is 6.61 Å². The SMILES string of the molecule is CCCOc1ccc(/C=N\NC(=O)C(=O)Nc2cccc(Cl)c2Cl)cc1. The van der Waals surface area contributed by atoms with E-state index in [2.05, 4.69) is 15.8 Å². The maximum atomic E-state index is 11.8. The van der Waals surface area contributed by atoms with Gasteiger partial charge in [-0.05, 0) is 48.4 Å². The molecule has 0 saturated heterocycles. The summed E-state index contributed by atoms with van der Waals surface area (Å²) in [5.41, 5.74) is 3.13. The molecule has 0 aliphatic heterocycles. The van der Waals surface area contributed by atoms with Crippen LogP contribution in [0.4, 0.5) is 5.69 Å². The number of amides is 2. The maximum absolute atomic E-state index is 11.8. The maximum Gasteiger partial charge on any atom is 0.329 e. The first-order valence-corrected chi connectivity index (χ1v) is 8.58. The molecule has 0 heterocycles. The molecule has 2 aromatic rings. The van der Waals surface area contributed by atoms with Gasteiger partial charge in [-0.15, -0.1) is 0 Å². The van der Waals surface area contributed by atoms with Crippen LogP contribution >= 0.6 is 23.2 Å². The molecule has 0 bridgehead atoms. The van der Waals surface area contributed by atoms with Crippen molar-refractivity contribution in [1.29, 1.82) is 0 Å². The normalized spacial score (nSPS) is 10.6. The van der Waals surface area contributed by atoms with Gasteiger partial charge in [-0.25, -0.2) is 5.43 Å². The van der Waals surface area contributed by atoms with Gasteiger partial charge in [0.2, 0.25) is 0 Å². The zero-order chi connectivity index (χ0) is 18.9. The predicted octanol–water partition coefficient (Wildman–Crippen LogP) is 3.87. The number of carbonyl (C=O) groups is 2. The van der Waals surface area contributed by atoms with Crippen LogP contribution in [-0.2, 0) is 9.59 Å². The molecule has 0 spiro atoms. The van der Waals surface area contributed by atoms with E-state index in [9.17, 15) is 9.59 Å². The van der Waals surface area contributed by atoms with Crippen molar-refractivity contribution in [1.82, 2.24) is 5.43 Å². The van der Waals surface area contributed by atoms with Gasteiger partial charge in [0, 0.05) is 0 Å². The van der Waals surface area contributed by atoms with E-state index in [1.165, 1.54) is 12.3 Å². The Morgan fingerprint density at radius 3 is 2.54 bits per heavy atom. The first kappa shape index (κ1) is 19.8. The number of carbonyl (C=O) groups excluding carboxylic acids is 2. The van der Waals surface area contributed by atoms with Crippen LogP contribution in [0.1, 0.15) is 18.9 Å². The highest BCUT2D eigenvalue weighted by Gasteiger charge is 2.15. The second-order valence-electron chi connectivity index (χ2n) is 5.17.